The number of fused-ring (bicyclic) bond motifs is 1. The first-order valence-corrected chi connectivity index (χ1v) is 7.14. The topological polar surface area (TPSA) is 69.9 Å². The Kier molecular flexibility index (Phi) is 7.15. The molecule has 1 aliphatic heterocycles. The van der Waals surface area contributed by atoms with Gasteiger partial charge in [0, 0.05) is 6.61 Å². The Labute approximate surface area is 110 Å². The van der Waals surface area contributed by atoms with Gasteiger partial charge < -0.3 is 9.84 Å². The van der Waals surface area contributed by atoms with Crippen molar-refractivity contribution in [3.8, 4) is 0 Å². The molecule has 0 aromatic heterocycles. The fourth-order valence-electron chi connectivity index (χ4n) is 3.66. The van der Waals surface area contributed by atoms with Gasteiger partial charge in [0.15, 0.2) is 0 Å². The largest absolute Gasteiger partial charge is 0.396 e. The zero-order chi connectivity index (χ0) is 13.5. The minimum absolute atomic E-state index is 0.337. The van der Waals surface area contributed by atoms with Crippen molar-refractivity contribution in [3.05, 3.63) is 0 Å². The molecular weight excluding hydrogens is 232 g/mol. The Morgan fingerprint density at radius 3 is 2.56 bits per heavy atom. The highest BCUT2D eigenvalue weighted by Crippen LogP contribution is 2.43. The lowest BCUT2D eigenvalue weighted by molar-refractivity contribution is -0.176. The van der Waals surface area contributed by atoms with Gasteiger partial charge in [0.05, 0.1) is 12.7 Å². The number of hydrogen-bond acceptors (Lipinski definition) is 4. The van der Waals surface area contributed by atoms with Gasteiger partial charge in [-0.3, -0.25) is 10.5 Å². The fourth-order valence-corrected chi connectivity index (χ4v) is 3.66. The van der Waals surface area contributed by atoms with Crippen molar-refractivity contribution in [1.29, 1.82) is 0 Å². The fraction of sp³-hybridized carbons (Fsp3) is 1.00. The van der Waals surface area contributed by atoms with Gasteiger partial charge in [0.2, 0.25) is 0 Å². The van der Waals surface area contributed by atoms with Gasteiger partial charge in [-0.2, -0.15) is 0 Å². The molecule has 0 aromatic carbocycles. The highest BCUT2D eigenvalue weighted by atomic mass is 17.0. The summed E-state index contributed by atoms with van der Waals surface area (Å²) < 4.78 is 5.92. The predicted octanol–water partition coefficient (Wildman–Crippen LogP) is 2.86. The Morgan fingerprint density at radius 1 is 1.17 bits per heavy atom. The average Bonchev–Trinajstić information content (AvgIpc) is 2.62. The molecule has 2 rings (SSSR count). The standard InChI is InChI=1S/C14H26O2.H2O2/c1-10(8-15)13-5-3-4-12-7-6-11(2)16-9-14(12)13;1-2/h10-15H,3-9H2,1-2H3;1-2H/t10-,11?,12?,13?,14?;/m0./s1. The predicted molar refractivity (Wildman–Crippen MR) is 70.5 cm³/mol. The molecule has 0 radical (unpaired) electrons. The van der Waals surface area contributed by atoms with Crippen molar-refractivity contribution < 1.29 is 20.4 Å². The van der Waals surface area contributed by atoms with E-state index in [1.807, 2.05) is 0 Å². The molecule has 2 aliphatic rings. The molecule has 0 bridgehead atoms. The normalized spacial score (nSPS) is 37.8. The number of rotatable bonds is 2. The van der Waals surface area contributed by atoms with Crippen LogP contribution >= 0.6 is 0 Å². The maximum atomic E-state index is 9.36. The van der Waals surface area contributed by atoms with Crippen LogP contribution in [0.2, 0.25) is 0 Å². The van der Waals surface area contributed by atoms with Crippen LogP contribution in [0.25, 0.3) is 0 Å². The first kappa shape index (κ1) is 15.9. The number of ether oxygens (including phenoxy) is 1. The summed E-state index contributed by atoms with van der Waals surface area (Å²) in [6, 6.07) is 0. The third-order valence-corrected chi connectivity index (χ3v) is 4.80. The Balaban J connectivity index is 0.000000771. The molecule has 1 saturated heterocycles. The van der Waals surface area contributed by atoms with Crippen LogP contribution in [-0.2, 0) is 4.74 Å². The van der Waals surface area contributed by atoms with Crippen LogP contribution in [0.15, 0.2) is 0 Å². The summed E-state index contributed by atoms with van der Waals surface area (Å²) >= 11 is 0. The van der Waals surface area contributed by atoms with E-state index in [1.165, 1.54) is 32.1 Å². The van der Waals surface area contributed by atoms with E-state index >= 15 is 0 Å². The van der Waals surface area contributed by atoms with Crippen LogP contribution in [0.5, 0.6) is 0 Å². The van der Waals surface area contributed by atoms with Crippen LogP contribution < -0.4 is 0 Å². The van der Waals surface area contributed by atoms with E-state index in [9.17, 15) is 5.11 Å². The molecule has 2 fully saturated rings. The van der Waals surface area contributed by atoms with Crippen LogP contribution in [-0.4, -0.2) is 34.9 Å². The van der Waals surface area contributed by atoms with E-state index in [0.29, 0.717) is 30.5 Å². The lowest BCUT2D eigenvalue weighted by atomic mass is 9.67. The molecule has 4 heteroatoms. The quantitative estimate of drug-likeness (QED) is 0.527. The summed E-state index contributed by atoms with van der Waals surface area (Å²) in [5.74, 6) is 2.71. The van der Waals surface area contributed by atoms with Crippen molar-refractivity contribution in [2.45, 2.75) is 52.1 Å². The summed E-state index contributed by atoms with van der Waals surface area (Å²) in [6.07, 6.45) is 7.03. The summed E-state index contributed by atoms with van der Waals surface area (Å²) in [6.45, 7) is 5.66. The average molecular weight is 260 g/mol. The van der Waals surface area contributed by atoms with Gasteiger partial charge in [0.25, 0.3) is 0 Å². The molecule has 0 spiro atoms. The molecule has 1 saturated carbocycles. The number of hydrogen-bond donors (Lipinski definition) is 3. The van der Waals surface area contributed by atoms with Crippen molar-refractivity contribution in [2.24, 2.45) is 23.7 Å². The van der Waals surface area contributed by atoms with Crippen LogP contribution in [0.4, 0.5) is 0 Å². The van der Waals surface area contributed by atoms with Crippen molar-refractivity contribution in [2.75, 3.05) is 13.2 Å². The monoisotopic (exact) mass is 260 g/mol. The second kappa shape index (κ2) is 8.10. The van der Waals surface area contributed by atoms with Gasteiger partial charge >= 0.3 is 0 Å². The summed E-state index contributed by atoms with van der Waals surface area (Å²) in [5.41, 5.74) is 0. The Morgan fingerprint density at radius 2 is 1.89 bits per heavy atom. The third-order valence-electron chi connectivity index (χ3n) is 4.80. The first-order chi connectivity index (χ1) is 8.72. The van der Waals surface area contributed by atoms with Gasteiger partial charge in [-0.25, -0.2) is 0 Å². The minimum atomic E-state index is 0.337. The lowest BCUT2D eigenvalue weighted by Gasteiger charge is -2.39. The molecule has 4 unspecified atom stereocenters. The van der Waals surface area contributed by atoms with Crippen molar-refractivity contribution >= 4 is 0 Å². The number of aliphatic hydroxyl groups excluding tert-OH is 1. The molecule has 108 valence electrons. The summed E-state index contributed by atoms with van der Waals surface area (Å²) in [5, 5.41) is 21.4. The van der Waals surface area contributed by atoms with Gasteiger partial charge in [-0.1, -0.05) is 19.8 Å². The lowest BCUT2D eigenvalue weighted by Crippen LogP contribution is -2.35. The summed E-state index contributed by atoms with van der Waals surface area (Å²) in [4.78, 5) is 0. The van der Waals surface area contributed by atoms with Crippen molar-refractivity contribution in [1.82, 2.24) is 0 Å². The minimum Gasteiger partial charge on any atom is -0.396 e. The zero-order valence-corrected chi connectivity index (χ0v) is 11.6. The molecule has 4 nitrogen and oxygen atoms in total. The molecular formula is C14H28O4. The van der Waals surface area contributed by atoms with Crippen LogP contribution in [0.3, 0.4) is 0 Å². The number of aliphatic hydroxyl groups is 1. The third kappa shape index (κ3) is 3.92. The Bertz CT molecular complexity index is 222. The maximum Gasteiger partial charge on any atom is 0.0547 e. The van der Waals surface area contributed by atoms with E-state index < -0.39 is 0 Å². The molecule has 18 heavy (non-hydrogen) atoms. The highest BCUT2D eigenvalue weighted by Gasteiger charge is 2.37. The molecule has 1 aliphatic carbocycles. The molecule has 5 atom stereocenters. The Hall–Kier alpha value is -0.160. The van der Waals surface area contributed by atoms with E-state index in [2.05, 4.69) is 13.8 Å². The molecule has 0 amide bonds. The summed E-state index contributed by atoms with van der Waals surface area (Å²) in [7, 11) is 0. The molecule has 0 aromatic rings. The zero-order valence-electron chi connectivity index (χ0n) is 11.6. The van der Waals surface area contributed by atoms with E-state index in [-0.39, 0.29) is 0 Å². The van der Waals surface area contributed by atoms with Crippen LogP contribution in [0.1, 0.15) is 46.0 Å². The molecule has 3 N–H and O–H groups in total. The van der Waals surface area contributed by atoms with Gasteiger partial charge in [0.1, 0.15) is 0 Å². The second-order valence-electron chi connectivity index (χ2n) is 5.90. The van der Waals surface area contributed by atoms with E-state index in [4.69, 9.17) is 15.3 Å². The SMILES string of the molecule is CC1CCC2CCCC([C@@H](C)CO)C2CO1.OO. The van der Waals surface area contributed by atoms with Gasteiger partial charge in [-0.05, 0) is 49.9 Å². The van der Waals surface area contributed by atoms with E-state index in [1.54, 1.807) is 0 Å². The van der Waals surface area contributed by atoms with Crippen LogP contribution in [0, 0.1) is 23.7 Å². The highest BCUT2D eigenvalue weighted by molar-refractivity contribution is 4.86. The maximum absolute atomic E-state index is 9.36. The van der Waals surface area contributed by atoms with Crippen molar-refractivity contribution in [3.63, 3.8) is 0 Å². The van der Waals surface area contributed by atoms with Gasteiger partial charge in [-0.15, -0.1) is 0 Å². The first-order valence-electron chi connectivity index (χ1n) is 7.14. The molecule has 1 heterocycles. The second-order valence-corrected chi connectivity index (χ2v) is 5.90. The van der Waals surface area contributed by atoms with E-state index in [0.717, 1.165) is 12.5 Å². The smallest absolute Gasteiger partial charge is 0.0547 e.